The average molecular weight is 726 g/mol. The van der Waals surface area contributed by atoms with Crippen LogP contribution in [0.1, 0.15) is 11.1 Å². The molecule has 1 aliphatic rings. The van der Waals surface area contributed by atoms with Crippen LogP contribution < -0.4 is 14.6 Å². The zero-order valence-corrected chi connectivity index (χ0v) is 24.7. The number of aromatic nitrogens is 4. The van der Waals surface area contributed by atoms with E-state index in [1.54, 1.807) is 4.73 Å². The van der Waals surface area contributed by atoms with Crippen LogP contribution in [0.4, 0.5) is 11.5 Å². The van der Waals surface area contributed by atoms with Crippen LogP contribution in [0.5, 0.6) is 5.88 Å². The molecule has 0 saturated heterocycles. The first-order chi connectivity index (χ1) is 20.3. The molecule has 0 atom stereocenters. The van der Waals surface area contributed by atoms with Gasteiger partial charge in [0.1, 0.15) is 0 Å². The van der Waals surface area contributed by atoms with Gasteiger partial charge < -0.3 is 9.82 Å². The van der Waals surface area contributed by atoms with E-state index in [-0.39, 0.29) is 21.1 Å². The summed E-state index contributed by atoms with van der Waals surface area (Å²) in [4.78, 5) is 20.8. The number of rotatable bonds is 4. The second kappa shape index (κ2) is 10.9. The minimum atomic E-state index is 0. The molecule has 0 unspecified atom stereocenters. The van der Waals surface area contributed by atoms with Crippen molar-refractivity contribution in [2.75, 3.05) is 0 Å². The van der Waals surface area contributed by atoms with E-state index in [1.807, 2.05) is 73.1 Å². The van der Waals surface area contributed by atoms with Crippen LogP contribution in [0.15, 0.2) is 122 Å². The van der Waals surface area contributed by atoms with Gasteiger partial charge in [-0.05, 0) is 64.6 Å². The number of benzene rings is 3. The number of para-hydroxylation sites is 3. The monoisotopic (exact) mass is 725 g/mol. The molecule has 0 saturated carbocycles. The fourth-order valence-electron chi connectivity index (χ4n) is 5.67. The molecule has 5 heterocycles. The fraction of sp³-hybridized carbons (Fsp3) is 0.0571. The zero-order chi connectivity index (χ0) is 27.2. The molecule has 3 aromatic carbocycles. The molecule has 0 aliphatic carbocycles. The van der Waals surface area contributed by atoms with Crippen LogP contribution in [-0.4, -0.2) is 9.97 Å². The second-order valence-electron chi connectivity index (χ2n) is 10.1. The van der Waals surface area contributed by atoms with Crippen LogP contribution in [0.3, 0.4) is 0 Å². The Bertz CT molecular complexity index is 2070. The van der Waals surface area contributed by atoms with Gasteiger partial charge in [0, 0.05) is 24.0 Å². The van der Waals surface area contributed by atoms with E-state index in [2.05, 4.69) is 53.5 Å². The van der Waals surface area contributed by atoms with Crippen molar-refractivity contribution < 1.29 is 30.6 Å². The Kier molecular flexibility index (Phi) is 6.77. The van der Waals surface area contributed by atoms with Gasteiger partial charge in [0.05, 0.1) is 17.1 Å². The molecular weight excluding hydrogens is 701 g/mol. The molecule has 204 valence electrons. The Labute approximate surface area is 257 Å². The van der Waals surface area contributed by atoms with Crippen molar-refractivity contribution in [3.8, 4) is 28.4 Å². The minimum Gasteiger partial charge on any atom is -0.656 e. The third-order valence-electron chi connectivity index (χ3n) is 7.61. The van der Waals surface area contributed by atoms with Crippen LogP contribution in [-0.2, 0) is 33.9 Å². The normalized spacial score (nSPS) is 12.1. The second-order valence-corrected chi connectivity index (χ2v) is 10.1. The van der Waals surface area contributed by atoms with Crippen LogP contribution >= 0.6 is 0 Å². The maximum absolute atomic E-state index is 6.40. The standard InChI is InChI=1S/C35H24N5O.Pt/c1-2-16-30-25(11-1)26-12-6-14-28(34(26)38-30)31-17-7-18-32(37-31)41-40-22-8-10-24-20-19-23-9-5-13-27(33(23)39-35(24)40)29-15-3-4-21-36-29;/h1-18,21-22H,19-20H2;/q-1;+2. The zero-order valence-electron chi connectivity index (χ0n) is 22.4. The van der Waals surface area contributed by atoms with E-state index in [1.165, 1.54) is 5.56 Å². The Balaban J connectivity index is 0.00000288. The van der Waals surface area contributed by atoms with Gasteiger partial charge in [0.15, 0.2) is 5.82 Å². The Morgan fingerprint density at radius 1 is 0.667 bits per heavy atom. The summed E-state index contributed by atoms with van der Waals surface area (Å²) in [6.45, 7) is 0. The van der Waals surface area contributed by atoms with Crippen molar-refractivity contribution in [3.63, 3.8) is 0 Å². The van der Waals surface area contributed by atoms with Gasteiger partial charge in [-0.3, -0.25) is 4.98 Å². The van der Waals surface area contributed by atoms with Gasteiger partial charge in [-0.15, -0.1) is 11.0 Å². The first-order valence-corrected chi connectivity index (χ1v) is 13.7. The van der Waals surface area contributed by atoms with Crippen molar-refractivity contribution in [2.45, 2.75) is 12.8 Å². The third-order valence-corrected chi connectivity index (χ3v) is 7.61. The maximum atomic E-state index is 6.40. The van der Waals surface area contributed by atoms with Crippen molar-refractivity contribution in [3.05, 3.63) is 138 Å². The van der Waals surface area contributed by atoms with Crippen molar-refractivity contribution in [1.29, 1.82) is 0 Å². The summed E-state index contributed by atoms with van der Waals surface area (Å²) in [6.07, 6.45) is 5.44. The SMILES string of the molecule is [Pt+2].c1ccc(-c2cccc3c2[N-]c2c(ccc[n+]2Oc2cccc(-c4cccc5c4[n-]c4ccccc45)n2)CC3)nc1. The van der Waals surface area contributed by atoms with Gasteiger partial charge in [-0.2, -0.15) is 4.73 Å². The molecule has 8 rings (SSSR count). The summed E-state index contributed by atoms with van der Waals surface area (Å²) in [5.74, 6) is 1.24. The van der Waals surface area contributed by atoms with Gasteiger partial charge in [-0.1, -0.05) is 78.9 Å². The molecule has 42 heavy (non-hydrogen) atoms. The summed E-state index contributed by atoms with van der Waals surface area (Å²) in [6, 6.07) is 36.7. The molecule has 0 spiro atoms. The quantitative estimate of drug-likeness (QED) is 0.175. The molecule has 0 radical (unpaired) electrons. The average Bonchev–Trinajstić information content (AvgIpc) is 3.29. The molecule has 0 fully saturated rings. The summed E-state index contributed by atoms with van der Waals surface area (Å²) < 4.78 is 1.72. The molecule has 1 aliphatic heterocycles. The summed E-state index contributed by atoms with van der Waals surface area (Å²) in [5, 5.41) is 7.45. The predicted octanol–water partition coefficient (Wildman–Crippen LogP) is 7.64. The molecular formula is C35H24N5OPt+. The third kappa shape index (κ3) is 4.54. The van der Waals surface area contributed by atoms with E-state index < -0.39 is 0 Å². The Morgan fingerprint density at radius 3 is 2.36 bits per heavy atom. The number of fused-ring (bicyclic) bond motifs is 5. The summed E-state index contributed by atoms with van der Waals surface area (Å²) in [5.41, 5.74) is 8.84. The largest absolute Gasteiger partial charge is 2.00 e. The molecule has 7 heteroatoms. The number of hydrogen-bond donors (Lipinski definition) is 0. The van der Waals surface area contributed by atoms with Crippen molar-refractivity contribution in [1.82, 2.24) is 15.0 Å². The number of nitrogens with zero attached hydrogens (tertiary/aromatic N) is 5. The van der Waals surface area contributed by atoms with E-state index in [4.69, 9.17) is 20.1 Å². The van der Waals surface area contributed by atoms with Gasteiger partial charge in [-0.25, -0.2) is 10.3 Å². The molecule has 4 aromatic heterocycles. The van der Waals surface area contributed by atoms with Gasteiger partial charge >= 0.3 is 21.1 Å². The first kappa shape index (κ1) is 26.1. The van der Waals surface area contributed by atoms with E-state index in [0.29, 0.717) is 5.88 Å². The van der Waals surface area contributed by atoms with E-state index in [9.17, 15) is 0 Å². The topological polar surface area (TPSA) is 67.1 Å². The number of pyridine rings is 3. The minimum absolute atomic E-state index is 0. The van der Waals surface area contributed by atoms with Crippen LogP contribution in [0.25, 0.3) is 49.6 Å². The molecule has 0 amide bonds. The Morgan fingerprint density at radius 2 is 1.43 bits per heavy atom. The Hall–Kier alpha value is -4.80. The van der Waals surface area contributed by atoms with Gasteiger partial charge in [0.2, 0.25) is 5.88 Å². The summed E-state index contributed by atoms with van der Waals surface area (Å²) in [7, 11) is 0. The smallest absolute Gasteiger partial charge is 0.656 e. The molecule has 0 N–H and O–H groups in total. The van der Waals surface area contributed by atoms with Crippen molar-refractivity contribution in [2.24, 2.45) is 0 Å². The molecule has 7 aromatic rings. The van der Waals surface area contributed by atoms with E-state index in [0.717, 1.165) is 74.2 Å². The fourth-order valence-corrected chi connectivity index (χ4v) is 5.67. The van der Waals surface area contributed by atoms with E-state index >= 15 is 0 Å². The van der Waals surface area contributed by atoms with Gasteiger partial charge in [0.25, 0.3) is 0 Å². The molecule has 0 bridgehead atoms. The molecule has 6 nitrogen and oxygen atoms in total. The van der Waals surface area contributed by atoms with Crippen LogP contribution in [0.2, 0.25) is 0 Å². The van der Waals surface area contributed by atoms with Crippen molar-refractivity contribution >= 4 is 33.3 Å². The number of aryl methyl sites for hydroxylation is 2. The first-order valence-electron chi connectivity index (χ1n) is 13.7. The maximum Gasteiger partial charge on any atom is 2.00 e. The predicted molar refractivity (Wildman–Crippen MR) is 160 cm³/mol. The summed E-state index contributed by atoms with van der Waals surface area (Å²) >= 11 is 0. The number of hydrogen-bond acceptors (Lipinski definition) is 3. The van der Waals surface area contributed by atoms with Crippen LogP contribution in [0, 0.1) is 0 Å².